The standard InChI is InChI=1S/C18H30O3.Na/c1-2-3-4-5-6-7-8-9-10-11-14-17(19)15-12-13-16-18(20)21;/h6-7,9-10,14,19H,2-5,8,11-13,15-16H2,1H3,(H,20,21);/q;+1/p-1/b7-6-,10-9-,17-14+;. The van der Waals surface area contributed by atoms with Crippen molar-refractivity contribution in [2.24, 2.45) is 0 Å². The van der Waals surface area contributed by atoms with Gasteiger partial charge < -0.3 is 10.2 Å². The number of hydrogen-bond donors (Lipinski definition) is 1. The molecule has 0 aliphatic rings. The van der Waals surface area contributed by atoms with Crippen LogP contribution in [0, 0.1) is 0 Å². The summed E-state index contributed by atoms with van der Waals surface area (Å²) in [6, 6.07) is 0. The first-order valence-electron chi connectivity index (χ1n) is 8.04. The molecule has 0 aromatic heterocycles. The SMILES string of the molecule is CCCCC/C=C\C/C=C\C/C=C(/[O-])CCCCC(=O)O.[Na+]. The second kappa shape index (κ2) is 18.5. The van der Waals surface area contributed by atoms with Crippen LogP contribution in [0.3, 0.4) is 0 Å². The van der Waals surface area contributed by atoms with Gasteiger partial charge in [0.1, 0.15) is 0 Å². The Morgan fingerprint density at radius 3 is 2.27 bits per heavy atom. The molecule has 0 aromatic rings. The number of unbranched alkanes of at least 4 members (excludes halogenated alkanes) is 4. The largest absolute Gasteiger partial charge is 1.00 e. The minimum Gasteiger partial charge on any atom is -0.876 e. The van der Waals surface area contributed by atoms with Crippen molar-refractivity contribution in [3.8, 4) is 0 Å². The molecule has 0 radical (unpaired) electrons. The molecule has 3 nitrogen and oxygen atoms in total. The molecule has 0 spiro atoms. The molecule has 0 aliphatic heterocycles. The third-order valence-electron chi connectivity index (χ3n) is 3.13. The van der Waals surface area contributed by atoms with Crippen molar-refractivity contribution in [3.63, 3.8) is 0 Å². The fraction of sp³-hybridized carbons (Fsp3) is 0.611. The van der Waals surface area contributed by atoms with E-state index in [1.165, 1.54) is 19.3 Å². The zero-order valence-electron chi connectivity index (χ0n) is 14.2. The second-order valence-corrected chi connectivity index (χ2v) is 5.18. The van der Waals surface area contributed by atoms with E-state index < -0.39 is 5.97 Å². The Hall–Kier alpha value is -0.510. The number of carboxylic acids is 1. The summed E-state index contributed by atoms with van der Waals surface area (Å²) in [6.45, 7) is 2.20. The predicted octanol–water partition coefficient (Wildman–Crippen LogP) is 1.35. The molecule has 22 heavy (non-hydrogen) atoms. The number of carbonyl (C=O) groups is 1. The molecule has 4 heteroatoms. The normalized spacial score (nSPS) is 12.0. The van der Waals surface area contributed by atoms with Crippen molar-refractivity contribution in [1.29, 1.82) is 0 Å². The maximum atomic E-state index is 11.5. The molecule has 0 fully saturated rings. The van der Waals surface area contributed by atoms with Crippen molar-refractivity contribution in [2.75, 3.05) is 0 Å². The summed E-state index contributed by atoms with van der Waals surface area (Å²) in [6.07, 6.45) is 18.6. The molecular formula is C18H29NaO3. The Labute approximate surface area is 157 Å². The number of carboxylic acid groups (broad SMARTS) is 1. The van der Waals surface area contributed by atoms with Crippen LogP contribution in [-0.2, 0) is 4.79 Å². The van der Waals surface area contributed by atoms with Crippen LogP contribution < -0.4 is 34.7 Å². The summed E-state index contributed by atoms with van der Waals surface area (Å²) in [5.74, 6) is -0.683. The summed E-state index contributed by atoms with van der Waals surface area (Å²) in [5.41, 5.74) is 0. The van der Waals surface area contributed by atoms with Gasteiger partial charge in [0.15, 0.2) is 0 Å². The number of hydrogen-bond acceptors (Lipinski definition) is 2. The summed E-state index contributed by atoms with van der Waals surface area (Å²) in [7, 11) is 0. The van der Waals surface area contributed by atoms with Gasteiger partial charge in [0.25, 0.3) is 0 Å². The molecule has 0 saturated carbocycles. The molecule has 1 N–H and O–H groups in total. The van der Waals surface area contributed by atoms with Gasteiger partial charge in [0, 0.05) is 6.42 Å². The van der Waals surface area contributed by atoms with Crippen molar-refractivity contribution < 1.29 is 44.6 Å². The van der Waals surface area contributed by atoms with Gasteiger partial charge >= 0.3 is 35.5 Å². The van der Waals surface area contributed by atoms with E-state index in [1.54, 1.807) is 6.08 Å². The van der Waals surface area contributed by atoms with Crippen LogP contribution in [-0.4, -0.2) is 11.1 Å². The van der Waals surface area contributed by atoms with Crippen LogP contribution in [0.1, 0.15) is 71.1 Å². The van der Waals surface area contributed by atoms with E-state index in [0.717, 1.165) is 12.8 Å². The van der Waals surface area contributed by atoms with Gasteiger partial charge in [0.05, 0.1) is 0 Å². The summed E-state index contributed by atoms with van der Waals surface area (Å²) in [4.78, 5) is 10.3. The zero-order valence-corrected chi connectivity index (χ0v) is 16.2. The van der Waals surface area contributed by atoms with Crippen molar-refractivity contribution in [3.05, 3.63) is 36.1 Å². The molecule has 0 aromatic carbocycles. The Balaban J connectivity index is 0. The van der Waals surface area contributed by atoms with Gasteiger partial charge in [-0.15, -0.1) is 5.76 Å². The van der Waals surface area contributed by atoms with Crippen LogP contribution >= 0.6 is 0 Å². The molecule has 0 heterocycles. The minimum absolute atomic E-state index is 0. The quantitative estimate of drug-likeness (QED) is 0.241. The van der Waals surface area contributed by atoms with Gasteiger partial charge in [-0.05, 0) is 44.9 Å². The fourth-order valence-corrected chi connectivity index (χ4v) is 1.87. The Bertz CT molecular complexity index is 346. The molecule has 0 aliphatic carbocycles. The van der Waals surface area contributed by atoms with Crippen LogP contribution in [0.25, 0.3) is 0 Å². The van der Waals surface area contributed by atoms with Crippen molar-refractivity contribution in [1.82, 2.24) is 0 Å². The van der Waals surface area contributed by atoms with Gasteiger partial charge in [-0.3, -0.25) is 4.79 Å². The van der Waals surface area contributed by atoms with Gasteiger partial charge in [-0.25, -0.2) is 0 Å². The average Bonchev–Trinajstić information content (AvgIpc) is 2.45. The molecule has 0 atom stereocenters. The molecular weight excluding hydrogens is 287 g/mol. The molecule has 120 valence electrons. The number of aliphatic carboxylic acids is 1. The van der Waals surface area contributed by atoms with E-state index in [4.69, 9.17) is 5.11 Å². The molecule has 0 saturated heterocycles. The maximum absolute atomic E-state index is 11.5. The van der Waals surface area contributed by atoms with Crippen LogP contribution in [0.5, 0.6) is 0 Å². The van der Waals surface area contributed by atoms with E-state index in [0.29, 0.717) is 25.7 Å². The van der Waals surface area contributed by atoms with Gasteiger partial charge in [0.2, 0.25) is 0 Å². The average molecular weight is 316 g/mol. The van der Waals surface area contributed by atoms with Crippen LogP contribution in [0.15, 0.2) is 36.1 Å². The topological polar surface area (TPSA) is 60.4 Å². The van der Waals surface area contributed by atoms with Gasteiger partial charge in [-0.2, -0.15) is 0 Å². The third-order valence-corrected chi connectivity index (χ3v) is 3.13. The Morgan fingerprint density at radius 2 is 1.59 bits per heavy atom. The smallest absolute Gasteiger partial charge is 0.876 e. The van der Waals surface area contributed by atoms with E-state index in [-0.39, 0.29) is 41.7 Å². The number of rotatable bonds is 13. The molecule has 0 bridgehead atoms. The summed E-state index contributed by atoms with van der Waals surface area (Å²) >= 11 is 0. The third kappa shape index (κ3) is 19.5. The monoisotopic (exact) mass is 316 g/mol. The van der Waals surface area contributed by atoms with E-state index in [1.807, 2.05) is 6.08 Å². The van der Waals surface area contributed by atoms with E-state index in [9.17, 15) is 9.90 Å². The Morgan fingerprint density at radius 1 is 0.955 bits per heavy atom. The maximum Gasteiger partial charge on any atom is 1.00 e. The first-order valence-corrected chi connectivity index (χ1v) is 8.04. The molecule has 0 rings (SSSR count). The first-order chi connectivity index (χ1) is 10.2. The van der Waals surface area contributed by atoms with Crippen LogP contribution in [0.2, 0.25) is 0 Å². The zero-order chi connectivity index (χ0) is 15.8. The Kier molecular flexibility index (Phi) is 20.0. The van der Waals surface area contributed by atoms with E-state index >= 15 is 0 Å². The van der Waals surface area contributed by atoms with Crippen molar-refractivity contribution in [2.45, 2.75) is 71.1 Å². The van der Waals surface area contributed by atoms with E-state index in [2.05, 4.69) is 25.2 Å². The first kappa shape index (κ1) is 23.8. The summed E-state index contributed by atoms with van der Waals surface area (Å²) in [5, 5.41) is 19.9. The summed E-state index contributed by atoms with van der Waals surface area (Å²) < 4.78 is 0. The predicted molar refractivity (Wildman–Crippen MR) is 85.8 cm³/mol. The fourth-order valence-electron chi connectivity index (χ4n) is 1.87. The van der Waals surface area contributed by atoms with Crippen LogP contribution in [0.4, 0.5) is 0 Å². The van der Waals surface area contributed by atoms with Crippen molar-refractivity contribution >= 4 is 5.97 Å². The van der Waals surface area contributed by atoms with Gasteiger partial charge in [-0.1, -0.05) is 50.1 Å². The number of allylic oxidation sites excluding steroid dienone is 6. The second-order valence-electron chi connectivity index (χ2n) is 5.18. The molecule has 0 unspecified atom stereocenters. The minimum atomic E-state index is -0.794. The molecule has 0 amide bonds.